The molecule has 0 amide bonds. The van der Waals surface area contributed by atoms with Crippen molar-refractivity contribution in [2.75, 3.05) is 25.6 Å². The predicted molar refractivity (Wildman–Crippen MR) is 74.2 cm³/mol. The van der Waals surface area contributed by atoms with Gasteiger partial charge >= 0.3 is 11.7 Å². The van der Waals surface area contributed by atoms with Crippen LogP contribution < -0.4 is 4.90 Å². The van der Waals surface area contributed by atoms with E-state index in [-0.39, 0.29) is 29.2 Å². The molecule has 0 radical (unpaired) electrons. The Bertz CT molecular complexity index is 557. The molecule has 1 aromatic heterocycles. The van der Waals surface area contributed by atoms with Crippen LogP contribution in [0.4, 0.5) is 11.5 Å². The van der Waals surface area contributed by atoms with Gasteiger partial charge in [-0.3, -0.25) is 10.1 Å². The number of nitrogens with zero attached hydrogens (tertiary/aromatic N) is 3. The number of carbonyl (C=O) groups is 1. The van der Waals surface area contributed by atoms with Crippen LogP contribution in [-0.2, 0) is 4.74 Å². The number of pyridine rings is 1. The largest absolute Gasteiger partial charge is 0.464 e. The number of methoxy groups -OCH3 is 1. The van der Waals surface area contributed by atoms with E-state index in [4.69, 9.17) is 0 Å². The third-order valence-corrected chi connectivity index (χ3v) is 3.55. The van der Waals surface area contributed by atoms with Crippen LogP contribution in [0.25, 0.3) is 0 Å². The molecular formula is C13H17N3O5. The van der Waals surface area contributed by atoms with Crippen LogP contribution >= 0.6 is 0 Å². The smallest absolute Gasteiger partial charge is 0.356 e. The Morgan fingerprint density at radius 2 is 2.24 bits per heavy atom. The molecule has 0 aromatic carbocycles. The van der Waals surface area contributed by atoms with Crippen molar-refractivity contribution in [2.24, 2.45) is 5.92 Å². The molecular weight excluding hydrogens is 278 g/mol. The molecule has 0 saturated heterocycles. The van der Waals surface area contributed by atoms with Gasteiger partial charge in [0.2, 0.25) is 5.82 Å². The van der Waals surface area contributed by atoms with Crippen LogP contribution in [0.5, 0.6) is 0 Å². The molecule has 1 saturated carbocycles. The highest BCUT2D eigenvalue weighted by molar-refractivity contribution is 5.88. The molecule has 21 heavy (non-hydrogen) atoms. The lowest BCUT2D eigenvalue weighted by Gasteiger charge is -2.34. The summed E-state index contributed by atoms with van der Waals surface area (Å²) in [5.74, 6) is -0.240. The Hall–Kier alpha value is -2.22. The molecule has 2 rings (SSSR count). The van der Waals surface area contributed by atoms with Gasteiger partial charge in [-0.2, -0.15) is 0 Å². The lowest BCUT2D eigenvalue weighted by molar-refractivity contribution is -0.384. The van der Waals surface area contributed by atoms with E-state index in [1.165, 1.54) is 19.2 Å². The summed E-state index contributed by atoms with van der Waals surface area (Å²) in [5, 5.41) is 20.4. The number of carbonyl (C=O) groups excluding carboxylic acids is 1. The number of hydrogen-bond acceptors (Lipinski definition) is 7. The molecule has 1 aromatic rings. The van der Waals surface area contributed by atoms with Gasteiger partial charge < -0.3 is 14.7 Å². The van der Waals surface area contributed by atoms with Crippen molar-refractivity contribution in [2.45, 2.75) is 18.9 Å². The Balaban J connectivity index is 2.24. The summed E-state index contributed by atoms with van der Waals surface area (Å²) in [6.45, 7) is 0.537. The first kappa shape index (κ1) is 15.2. The standard InChI is InChI=1S/C13H17N3O5/c1-15(7-8-5-9(17)6-8)12-11(16(19)20)4-3-10(14-12)13(18)21-2/h3-4,8-9,17H,5-7H2,1-2H3. The summed E-state index contributed by atoms with van der Waals surface area (Å²) in [4.78, 5) is 27.7. The molecule has 1 aliphatic rings. The monoisotopic (exact) mass is 295 g/mol. The van der Waals surface area contributed by atoms with Crippen LogP contribution in [0.1, 0.15) is 23.3 Å². The molecule has 114 valence electrons. The van der Waals surface area contributed by atoms with E-state index < -0.39 is 10.9 Å². The van der Waals surface area contributed by atoms with Crippen LogP contribution in [-0.4, -0.2) is 47.8 Å². The summed E-state index contributed by atoms with van der Waals surface area (Å²) in [6.07, 6.45) is 1.07. The summed E-state index contributed by atoms with van der Waals surface area (Å²) >= 11 is 0. The lowest BCUT2D eigenvalue weighted by atomic mass is 9.82. The highest BCUT2D eigenvalue weighted by Gasteiger charge is 2.30. The maximum atomic E-state index is 11.5. The second kappa shape index (κ2) is 6.04. The third-order valence-electron chi connectivity index (χ3n) is 3.55. The first-order chi connectivity index (χ1) is 9.92. The fourth-order valence-electron chi connectivity index (χ4n) is 2.41. The van der Waals surface area contributed by atoms with E-state index >= 15 is 0 Å². The van der Waals surface area contributed by atoms with E-state index in [0.717, 1.165) is 0 Å². The van der Waals surface area contributed by atoms with E-state index in [1.54, 1.807) is 11.9 Å². The van der Waals surface area contributed by atoms with E-state index in [1.807, 2.05) is 0 Å². The number of nitro groups is 1. The number of esters is 1. The Kier molecular flexibility index (Phi) is 4.37. The predicted octanol–water partition coefficient (Wildman–Crippen LogP) is 0.983. The van der Waals surface area contributed by atoms with Crippen molar-refractivity contribution < 1.29 is 19.6 Å². The van der Waals surface area contributed by atoms with Crippen molar-refractivity contribution >= 4 is 17.5 Å². The SMILES string of the molecule is COC(=O)c1ccc([N+](=O)[O-])c(N(C)CC2CC(O)C2)n1. The maximum absolute atomic E-state index is 11.5. The molecule has 1 N–H and O–H groups in total. The third kappa shape index (κ3) is 3.27. The summed E-state index contributed by atoms with van der Waals surface area (Å²) in [7, 11) is 2.91. The van der Waals surface area contributed by atoms with Gasteiger partial charge in [-0.05, 0) is 24.8 Å². The fraction of sp³-hybridized carbons (Fsp3) is 0.538. The van der Waals surface area contributed by atoms with Crippen molar-refractivity contribution in [1.29, 1.82) is 0 Å². The average molecular weight is 295 g/mol. The summed E-state index contributed by atoms with van der Waals surface area (Å²) in [6, 6.07) is 2.52. The molecule has 0 bridgehead atoms. The van der Waals surface area contributed by atoms with Crippen molar-refractivity contribution in [3.63, 3.8) is 0 Å². The zero-order valence-electron chi connectivity index (χ0n) is 11.9. The number of hydrogen-bond donors (Lipinski definition) is 1. The van der Waals surface area contributed by atoms with Gasteiger partial charge in [-0.15, -0.1) is 0 Å². The number of ether oxygens (including phenoxy) is 1. The first-order valence-corrected chi connectivity index (χ1v) is 6.55. The highest BCUT2D eigenvalue weighted by Crippen LogP contribution is 2.31. The van der Waals surface area contributed by atoms with Gasteiger partial charge in [0.1, 0.15) is 0 Å². The van der Waals surface area contributed by atoms with Crippen molar-refractivity contribution in [1.82, 2.24) is 4.98 Å². The zero-order valence-corrected chi connectivity index (χ0v) is 11.9. The zero-order chi connectivity index (χ0) is 15.6. The fourth-order valence-corrected chi connectivity index (χ4v) is 2.41. The molecule has 8 heteroatoms. The summed E-state index contributed by atoms with van der Waals surface area (Å²) < 4.78 is 4.58. The van der Waals surface area contributed by atoms with Crippen LogP contribution in [0.15, 0.2) is 12.1 Å². The second-order valence-electron chi connectivity index (χ2n) is 5.16. The van der Waals surface area contributed by atoms with E-state index in [9.17, 15) is 20.0 Å². The Labute approximate surface area is 121 Å². The molecule has 1 fully saturated rings. The number of aromatic nitrogens is 1. The van der Waals surface area contributed by atoms with Gasteiger partial charge in [-0.25, -0.2) is 9.78 Å². The van der Waals surface area contributed by atoms with Crippen LogP contribution in [0.3, 0.4) is 0 Å². The van der Waals surface area contributed by atoms with Crippen molar-refractivity contribution in [3.8, 4) is 0 Å². The number of aliphatic hydroxyl groups is 1. The van der Waals surface area contributed by atoms with Crippen molar-refractivity contribution in [3.05, 3.63) is 27.9 Å². The van der Waals surface area contributed by atoms with Crippen LogP contribution in [0.2, 0.25) is 0 Å². The minimum absolute atomic E-state index is 0.0265. The van der Waals surface area contributed by atoms with Gasteiger partial charge in [0.25, 0.3) is 0 Å². The van der Waals surface area contributed by atoms with Gasteiger partial charge in [0.05, 0.1) is 18.1 Å². The van der Waals surface area contributed by atoms with E-state index in [2.05, 4.69) is 9.72 Å². The quantitative estimate of drug-likeness (QED) is 0.490. The molecule has 0 atom stereocenters. The number of aliphatic hydroxyl groups excluding tert-OH is 1. The molecule has 1 heterocycles. The second-order valence-corrected chi connectivity index (χ2v) is 5.16. The number of anilines is 1. The molecule has 1 aliphatic carbocycles. The average Bonchev–Trinajstić information content (AvgIpc) is 2.43. The molecule has 0 aliphatic heterocycles. The highest BCUT2D eigenvalue weighted by atomic mass is 16.6. The first-order valence-electron chi connectivity index (χ1n) is 6.55. The Morgan fingerprint density at radius 3 is 2.76 bits per heavy atom. The summed E-state index contributed by atoms with van der Waals surface area (Å²) in [5.41, 5.74) is -0.136. The maximum Gasteiger partial charge on any atom is 0.356 e. The van der Waals surface area contributed by atoms with Gasteiger partial charge in [0, 0.05) is 19.7 Å². The molecule has 8 nitrogen and oxygen atoms in total. The topological polar surface area (TPSA) is 106 Å². The van der Waals surface area contributed by atoms with E-state index in [0.29, 0.717) is 19.4 Å². The van der Waals surface area contributed by atoms with Gasteiger partial charge in [-0.1, -0.05) is 0 Å². The van der Waals surface area contributed by atoms with Crippen LogP contribution in [0, 0.1) is 16.0 Å². The minimum atomic E-state index is -0.640. The minimum Gasteiger partial charge on any atom is -0.464 e. The lowest BCUT2D eigenvalue weighted by Crippen LogP contribution is -2.37. The Morgan fingerprint density at radius 1 is 1.57 bits per heavy atom. The number of rotatable bonds is 5. The van der Waals surface area contributed by atoms with Gasteiger partial charge in [0.15, 0.2) is 5.69 Å². The molecule has 0 spiro atoms. The normalized spacial score (nSPS) is 20.5. The molecule has 0 unspecified atom stereocenters.